The first kappa shape index (κ1) is 22.7. The van der Waals surface area contributed by atoms with E-state index in [9.17, 15) is 9.90 Å². The van der Waals surface area contributed by atoms with Gasteiger partial charge in [0.1, 0.15) is 11.4 Å². The molecule has 0 bridgehead atoms. The number of hydrogen-bond acceptors (Lipinski definition) is 4. The minimum atomic E-state index is -1.18. The Bertz CT molecular complexity index is 490. The minimum absolute atomic E-state index is 0. The molecule has 1 unspecified atom stereocenters. The summed E-state index contributed by atoms with van der Waals surface area (Å²) in [6.07, 6.45) is 2.82. The van der Waals surface area contributed by atoms with E-state index in [2.05, 4.69) is 20.9 Å². The van der Waals surface area contributed by atoms with E-state index >= 15 is 0 Å². The summed E-state index contributed by atoms with van der Waals surface area (Å²) in [6, 6.07) is 3.44. The third-order valence-electron chi connectivity index (χ3n) is 3.16. The SMILES string of the molecule is CCCNC(=O)CCNC(=NCC(C)(O)c1ccco1)NCC.I. The molecule has 1 aromatic heterocycles. The van der Waals surface area contributed by atoms with Crippen LogP contribution in [0.5, 0.6) is 0 Å². The average Bonchev–Trinajstić information content (AvgIpc) is 3.06. The molecule has 7 nitrogen and oxygen atoms in total. The van der Waals surface area contributed by atoms with E-state index in [1.165, 1.54) is 6.26 Å². The van der Waals surface area contributed by atoms with Crippen LogP contribution < -0.4 is 16.0 Å². The van der Waals surface area contributed by atoms with Gasteiger partial charge in [0.15, 0.2) is 5.96 Å². The van der Waals surface area contributed by atoms with Crippen molar-refractivity contribution >= 4 is 35.8 Å². The molecule has 0 aliphatic carbocycles. The van der Waals surface area contributed by atoms with Gasteiger partial charge in [-0.25, -0.2) is 4.99 Å². The number of amides is 1. The maximum atomic E-state index is 11.6. The van der Waals surface area contributed by atoms with Crippen LogP contribution in [0.15, 0.2) is 27.8 Å². The summed E-state index contributed by atoms with van der Waals surface area (Å²) in [7, 11) is 0. The van der Waals surface area contributed by atoms with Crippen molar-refractivity contribution < 1.29 is 14.3 Å². The quantitative estimate of drug-likeness (QED) is 0.259. The van der Waals surface area contributed by atoms with Crippen molar-refractivity contribution in [2.75, 3.05) is 26.2 Å². The highest BCUT2D eigenvalue weighted by molar-refractivity contribution is 14.0. The second-order valence-corrected chi connectivity index (χ2v) is 5.47. The summed E-state index contributed by atoms with van der Waals surface area (Å²) in [5.41, 5.74) is -1.18. The van der Waals surface area contributed by atoms with Crippen LogP contribution in [0, 0.1) is 0 Å². The van der Waals surface area contributed by atoms with Crippen LogP contribution in [0.1, 0.15) is 39.4 Å². The van der Waals surface area contributed by atoms with Gasteiger partial charge in [-0.1, -0.05) is 6.92 Å². The Balaban J connectivity index is 0.00000529. The maximum Gasteiger partial charge on any atom is 0.221 e. The fourth-order valence-corrected chi connectivity index (χ4v) is 1.88. The molecule has 8 heteroatoms. The number of carbonyl (C=O) groups is 1. The predicted octanol–water partition coefficient (Wildman–Crippen LogP) is 1.58. The molecule has 0 aromatic carbocycles. The molecule has 138 valence electrons. The van der Waals surface area contributed by atoms with E-state index in [0.29, 0.717) is 37.8 Å². The molecule has 0 aliphatic heterocycles. The van der Waals surface area contributed by atoms with E-state index in [-0.39, 0.29) is 36.4 Å². The van der Waals surface area contributed by atoms with Crippen LogP contribution in [0.3, 0.4) is 0 Å². The number of halogens is 1. The van der Waals surface area contributed by atoms with Crippen LogP contribution in [0.2, 0.25) is 0 Å². The second-order valence-electron chi connectivity index (χ2n) is 5.47. The Morgan fingerprint density at radius 1 is 1.29 bits per heavy atom. The lowest BCUT2D eigenvalue weighted by Gasteiger charge is -2.19. The van der Waals surface area contributed by atoms with Crippen molar-refractivity contribution in [2.45, 2.75) is 39.2 Å². The van der Waals surface area contributed by atoms with Gasteiger partial charge >= 0.3 is 0 Å². The second kappa shape index (κ2) is 12.1. The molecule has 0 saturated heterocycles. The molecular formula is C16H29IN4O3. The number of aliphatic hydroxyl groups is 1. The Morgan fingerprint density at radius 3 is 2.62 bits per heavy atom. The Labute approximate surface area is 160 Å². The largest absolute Gasteiger partial charge is 0.466 e. The van der Waals surface area contributed by atoms with Crippen LogP contribution >= 0.6 is 24.0 Å². The Hall–Kier alpha value is -1.29. The van der Waals surface area contributed by atoms with E-state index in [1.54, 1.807) is 19.1 Å². The highest BCUT2D eigenvalue weighted by Gasteiger charge is 2.26. The summed E-state index contributed by atoms with van der Waals surface area (Å²) in [4.78, 5) is 15.9. The molecule has 24 heavy (non-hydrogen) atoms. The van der Waals surface area contributed by atoms with Crippen LogP contribution in [-0.4, -0.2) is 43.2 Å². The smallest absolute Gasteiger partial charge is 0.221 e. The predicted molar refractivity (Wildman–Crippen MR) is 106 cm³/mol. The van der Waals surface area contributed by atoms with Gasteiger partial charge < -0.3 is 25.5 Å². The zero-order valence-corrected chi connectivity index (χ0v) is 16.9. The normalized spacial score (nSPS) is 13.6. The van der Waals surface area contributed by atoms with Crippen molar-refractivity contribution in [1.29, 1.82) is 0 Å². The van der Waals surface area contributed by atoms with Gasteiger partial charge in [-0.15, -0.1) is 24.0 Å². The summed E-state index contributed by atoms with van der Waals surface area (Å²) >= 11 is 0. The van der Waals surface area contributed by atoms with Crippen molar-refractivity contribution in [2.24, 2.45) is 4.99 Å². The molecule has 1 atom stereocenters. The zero-order valence-electron chi connectivity index (χ0n) is 14.6. The number of hydrogen-bond donors (Lipinski definition) is 4. The van der Waals surface area contributed by atoms with E-state index in [0.717, 1.165) is 6.42 Å². The van der Waals surface area contributed by atoms with Crippen molar-refractivity contribution in [3.05, 3.63) is 24.2 Å². The number of nitrogens with one attached hydrogen (secondary N) is 3. The van der Waals surface area contributed by atoms with E-state index < -0.39 is 5.60 Å². The van der Waals surface area contributed by atoms with Crippen LogP contribution in [0.4, 0.5) is 0 Å². The number of carbonyl (C=O) groups excluding carboxylic acids is 1. The third kappa shape index (κ3) is 8.53. The summed E-state index contributed by atoms with van der Waals surface area (Å²) < 4.78 is 5.23. The number of guanidine groups is 1. The van der Waals surface area contributed by atoms with Gasteiger partial charge in [0.05, 0.1) is 12.8 Å². The van der Waals surface area contributed by atoms with Crippen molar-refractivity contribution in [3.63, 3.8) is 0 Å². The average molecular weight is 452 g/mol. The number of aliphatic imine (C=N–C) groups is 1. The van der Waals surface area contributed by atoms with Crippen molar-refractivity contribution in [1.82, 2.24) is 16.0 Å². The van der Waals surface area contributed by atoms with E-state index in [1.807, 2.05) is 13.8 Å². The monoisotopic (exact) mass is 452 g/mol. The minimum Gasteiger partial charge on any atom is -0.466 e. The fraction of sp³-hybridized carbons (Fsp3) is 0.625. The molecule has 0 radical (unpaired) electrons. The van der Waals surface area contributed by atoms with Gasteiger partial charge in [0.25, 0.3) is 0 Å². The summed E-state index contributed by atoms with van der Waals surface area (Å²) in [6.45, 7) is 7.63. The fourth-order valence-electron chi connectivity index (χ4n) is 1.88. The summed E-state index contributed by atoms with van der Waals surface area (Å²) in [5.74, 6) is 1.04. The van der Waals surface area contributed by atoms with Gasteiger partial charge in [-0.05, 0) is 32.4 Å². The molecule has 1 aromatic rings. The first-order chi connectivity index (χ1) is 11.0. The molecule has 0 spiro atoms. The topological polar surface area (TPSA) is 98.9 Å². The number of rotatable bonds is 9. The van der Waals surface area contributed by atoms with Gasteiger partial charge in [-0.3, -0.25) is 4.79 Å². The number of nitrogens with zero attached hydrogens (tertiary/aromatic N) is 1. The lowest BCUT2D eigenvalue weighted by molar-refractivity contribution is -0.120. The standard InChI is InChI=1S/C16H28N4O3.HI/c1-4-9-18-14(21)8-10-19-15(17-5-2)20-12-16(3,22)13-7-6-11-23-13;/h6-7,11,22H,4-5,8-10,12H2,1-3H3,(H,18,21)(H2,17,19,20);1H. The molecule has 1 heterocycles. The molecular weight excluding hydrogens is 423 g/mol. The highest BCUT2D eigenvalue weighted by Crippen LogP contribution is 2.20. The Kier molecular flexibility index (Phi) is 11.5. The molecule has 0 saturated carbocycles. The molecule has 4 N–H and O–H groups in total. The molecule has 1 amide bonds. The lowest BCUT2D eigenvalue weighted by Crippen LogP contribution is -2.40. The van der Waals surface area contributed by atoms with Crippen molar-refractivity contribution in [3.8, 4) is 0 Å². The Morgan fingerprint density at radius 2 is 2.04 bits per heavy atom. The van der Waals surface area contributed by atoms with Crippen LogP contribution in [0.25, 0.3) is 0 Å². The highest BCUT2D eigenvalue weighted by atomic mass is 127. The maximum absolute atomic E-state index is 11.6. The first-order valence-corrected chi connectivity index (χ1v) is 8.04. The molecule has 0 fully saturated rings. The molecule has 1 rings (SSSR count). The van der Waals surface area contributed by atoms with Crippen LogP contribution in [-0.2, 0) is 10.4 Å². The van der Waals surface area contributed by atoms with E-state index in [4.69, 9.17) is 4.42 Å². The lowest BCUT2D eigenvalue weighted by atomic mass is 10.0. The van der Waals surface area contributed by atoms with Gasteiger partial charge in [0, 0.05) is 26.1 Å². The number of furan rings is 1. The first-order valence-electron chi connectivity index (χ1n) is 8.04. The third-order valence-corrected chi connectivity index (χ3v) is 3.16. The van der Waals surface area contributed by atoms with Gasteiger partial charge in [-0.2, -0.15) is 0 Å². The molecule has 0 aliphatic rings. The zero-order chi connectivity index (χ0) is 17.1. The summed E-state index contributed by atoms with van der Waals surface area (Å²) in [5, 5.41) is 19.4. The van der Waals surface area contributed by atoms with Gasteiger partial charge in [0.2, 0.25) is 5.91 Å².